The second kappa shape index (κ2) is 6.92. The monoisotopic (exact) mass is 334 g/mol. The maximum Gasteiger partial charge on any atom is 0.336 e. The predicted molar refractivity (Wildman–Crippen MR) is 94.2 cm³/mol. The van der Waals surface area contributed by atoms with E-state index in [2.05, 4.69) is 4.98 Å². The number of nitro benzene ring substituents is 1. The molecule has 2 aromatic carbocycles. The summed E-state index contributed by atoms with van der Waals surface area (Å²) in [5, 5.41) is 11.9. The van der Waals surface area contributed by atoms with Crippen LogP contribution in [0.4, 0.5) is 5.69 Å². The minimum absolute atomic E-state index is 0.151. The van der Waals surface area contributed by atoms with Crippen LogP contribution in [-0.2, 0) is 4.79 Å². The molecule has 0 aliphatic rings. The summed E-state index contributed by atoms with van der Waals surface area (Å²) >= 11 is 0. The standard InChI is InChI=1S/C19H14N2O4/c1-13-4-6-14(7-5-13)8-11-17(22)25-19-16(21(23)24)10-9-15-3-2-12-20-18(15)19/h2-12H,1H3/b11-8+. The van der Waals surface area contributed by atoms with E-state index in [0.29, 0.717) is 5.39 Å². The molecule has 1 aromatic heterocycles. The van der Waals surface area contributed by atoms with Gasteiger partial charge in [0.1, 0.15) is 5.52 Å². The summed E-state index contributed by atoms with van der Waals surface area (Å²) in [5.74, 6) is -0.858. The highest BCUT2D eigenvalue weighted by atomic mass is 16.6. The molecule has 0 aliphatic heterocycles. The molecule has 0 radical (unpaired) electrons. The van der Waals surface area contributed by atoms with Gasteiger partial charge in [-0.2, -0.15) is 0 Å². The molecule has 0 fully saturated rings. The fourth-order valence-corrected chi connectivity index (χ4v) is 2.33. The number of aromatic nitrogens is 1. The van der Waals surface area contributed by atoms with Gasteiger partial charge in [-0.3, -0.25) is 15.1 Å². The van der Waals surface area contributed by atoms with Gasteiger partial charge in [0.15, 0.2) is 0 Å². The highest BCUT2D eigenvalue weighted by Gasteiger charge is 2.21. The number of aryl methyl sites for hydroxylation is 1. The van der Waals surface area contributed by atoms with Gasteiger partial charge in [-0.1, -0.05) is 35.9 Å². The van der Waals surface area contributed by atoms with Crippen LogP contribution in [-0.4, -0.2) is 15.9 Å². The SMILES string of the molecule is Cc1ccc(/C=C/C(=O)Oc2c([N+](=O)[O-])ccc3cccnc23)cc1. The Hall–Kier alpha value is -3.54. The Labute approximate surface area is 143 Å². The van der Waals surface area contributed by atoms with E-state index in [1.54, 1.807) is 24.3 Å². The van der Waals surface area contributed by atoms with Crippen molar-refractivity contribution in [3.63, 3.8) is 0 Å². The van der Waals surface area contributed by atoms with Crippen LogP contribution in [0.2, 0.25) is 0 Å². The number of hydrogen-bond acceptors (Lipinski definition) is 5. The average molecular weight is 334 g/mol. The molecule has 1 heterocycles. The molecule has 0 N–H and O–H groups in total. The van der Waals surface area contributed by atoms with Gasteiger partial charge >= 0.3 is 11.7 Å². The first-order valence-electron chi connectivity index (χ1n) is 7.53. The van der Waals surface area contributed by atoms with Gasteiger partial charge in [-0.15, -0.1) is 0 Å². The van der Waals surface area contributed by atoms with Crippen molar-refractivity contribution in [2.24, 2.45) is 0 Å². The number of esters is 1. The van der Waals surface area contributed by atoms with Crippen LogP contribution in [0.1, 0.15) is 11.1 Å². The molecule has 0 atom stereocenters. The highest BCUT2D eigenvalue weighted by molar-refractivity contribution is 5.94. The molecule has 3 aromatic rings. The zero-order valence-corrected chi connectivity index (χ0v) is 13.4. The summed E-state index contributed by atoms with van der Waals surface area (Å²) in [6, 6.07) is 13.9. The van der Waals surface area contributed by atoms with E-state index in [1.807, 2.05) is 31.2 Å². The summed E-state index contributed by atoms with van der Waals surface area (Å²) < 4.78 is 5.24. The van der Waals surface area contributed by atoms with E-state index in [4.69, 9.17) is 4.74 Å². The lowest BCUT2D eigenvalue weighted by Gasteiger charge is -2.06. The largest absolute Gasteiger partial charge is 0.414 e. The first-order valence-corrected chi connectivity index (χ1v) is 7.53. The number of benzene rings is 2. The Balaban J connectivity index is 1.91. The zero-order valence-electron chi connectivity index (χ0n) is 13.4. The summed E-state index contributed by atoms with van der Waals surface area (Å²) in [4.78, 5) is 26.8. The summed E-state index contributed by atoms with van der Waals surface area (Å²) in [6.07, 6.45) is 4.31. The first-order chi connectivity index (χ1) is 12.0. The van der Waals surface area contributed by atoms with E-state index in [0.717, 1.165) is 11.1 Å². The van der Waals surface area contributed by atoms with Crippen LogP contribution >= 0.6 is 0 Å². The third kappa shape index (κ3) is 3.69. The first kappa shape index (κ1) is 16.3. The molecule has 0 amide bonds. The van der Waals surface area contributed by atoms with Gasteiger partial charge in [0.25, 0.3) is 0 Å². The molecule has 3 rings (SSSR count). The second-order valence-corrected chi connectivity index (χ2v) is 5.41. The molecule has 0 aliphatic carbocycles. The predicted octanol–water partition coefficient (Wildman–Crippen LogP) is 4.07. The normalized spacial score (nSPS) is 10.9. The molecule has 0 saturated heterocycles. The average Bonchev–Trinajstić information content (AvgIpc) is 2.61. The fourth-order valence-electron chi connectivity index (χ4n) is 2.33. The number of pyridine rings is 1. The molecule has 0 bridgehead atoms. The number of ether oxygens (including phenoxy) is 1. The Bertz CT molecular complexity index is 978. The fraction of sp³-hybridized carbons (Fsp3) is 0.0526. The molecule has 6 nitrogen and oxygen atoms in total. The Morgan fingerprint density at radius 1 is 1.16 bits per heavy atom. The van der Waals surface area contributed by atoms with Crippen LogP contribution in [0.15, 0.2) is 60.8 Å². The van der Waals surface area contributed by atoms with E-state index < -0.39 is 10.9 Å². The third-order valence-corrected chi connectivity index (χ3v) is 3.60. The lowest BCUT2D eigenvalue weighted by atomic mass is 10.1. The van der Waals surface area contributed by atoms with Crippen LogP contribution < -0.4 is 4.74 Å². The molecule has 0 spiro atoms. The van der Waals surface area contributed by atoms with E-state index >= 15 is 0 Å². The van der Waals surface area contributed by atoms with Crippen molar-refractivity contribution in [2.45, 2.75) is 6.92 Å². The van der Waals surface area contributed by atoms with Gasteiger partial charge in [0, 0.05) is 23.7 Å². The maximum atomic E-state index is 12.1. The van der Waals surface area contributed by atoms with Crippen molar-refractivity contribution in [1.82, 2.24) is 4.98 Å². The van der Waals surface area contributed by atoms with Gasteiger partial charge < -0.3 is 4.74 Å². The van der Waals surface area contributed by atoms with Gasteiger partial charge in [-0.05, 0) is 30.7 Å². The molecular formula is C19H14N2O4. The van der Waals surface area contributed by atoms with E-state index in [9.17, 15) is 14.9 Å². The number of nitro groups is 1. The number of hydrogen-bond donors (Lipinski definition) is 0. The van der Waals surface area contributed by atoms with E-state index in [1.165, 1.54) is 18.3 Å². The number of carbonyl (C=O) groups excluding carboxylic acids is 1. The minimum atomic E-state index is -0.707. The molecule has 124 valence electrons. The zero-order chi connectivity index (χ0) is 17.8. The molecule has 0 saturated carbocycles. The number of rotatable bonds is 4. The second-order valence-electron chi connectivity index (χ2n) is 5.41. The third-order valence-electron chi connectivity index (χ3n) is 3.60. The number of fused-ring (bicyclic) bond motifs is 1. The number of carbonyl (C=O) groups is 1. The van der Waals surface area contributed by atoms with Crippen LogP contribution in [0.5, 0.6) is 5.75 Å². The molecule has 25 heavy (non-hydrogen) atoms. The number of nitrogens with zero attached hydrogens (tertiary/aromatic N) is 2. The Morgan fingerprint density at radius 3 is 2.64 bits per heavy atom. The van der Waals surface area contributed by atoms with Crippen LogP contribution in [0.3, 0.4) is 0 Å². The molecular weight excluding hydrogens is 320 g/mol. The van der Waals surface area contributed by atoms with Crippen molar-refractivity contribution in [1.29, 1.82) is 0 Å². The van der Waals surface area contributed by atoms with Gasteiger partial charge in [0.2, 0.25) is 5.75 Å². The highest BCUT2D eigenvalue weighted by Crippen LogP contribution is 2.34. The lowest BCUT2D eigenvalue weighted by Crippen LogP contribution is -2.07. The smallest absolute Gasteiger partial charge is 0.336 e. The van der Waals surface area contributed by atoms with E-state index in [-0.39, 0.29) is 17.0 Å². The quantitative estimate of drug-likeness (QED) is 0.236. The van der Waals surface area contributed by atoms with Crippen molar-refractivity contribution in [3.8, 4) is 5.75 Å². The summed E-state index contributed by atoms with van der Waals surface area (Å²) in [7, 11) is 0. The van der Waals surface area contributed by atoms with Crippen molar-refractivity contribution in [3.05, 3.63) is 82.0 Å². The maximum absolute atomic E-state index is 12.1. The summed E-state index contributed by atoms with van der Waals surface area (Å²) in [6.45, 7) is 1.97. The van der Waals surface area contributed by atoms with Crippen molar-refractivity contribution in [2.75, 3.05) is 0 Å². The topological polar surface area (TPSA) is 82.3 Å². The van der Waals surface area contributed by atoms with Crippen LogP contribution in [0, 0.1) is 17.0 Å². The Kier molecular flexibility index (Phi) is 4.52. The van der Waals surface area contributed by atoms with Gasteiger partial charge in [-0.25, -0.2) is 4.79 Å². The van der Waals surface area contributed by atoms with Gasteiger partial charge in [0.05, 0.1) is 4.92 Å². The van der Waals surface area contributed by atoms with Crippen molar-refractivity contribution < 1.29 is 14.5 Å². The van der Waals surface area contributed by atoms with Crippen LogP contribution in [0.25, 0.3) is 17.0 Å². The molecule has 6 heteroatoms. The molecule has 0 unspecified atom stereocenters. The van der Waals surface area contributed by atoms with Crippen molar-refractivity contribution >= 4 is 28.6 Å². The lowest BCUT2D eigenvalue weighted by molar-refractivity contribution is -0.385. The summed E-state index contributed by atoms with van der Waals surface area (Å²) in [5.41, 5.74) is 1.90. The Morgan fingerprint density at radius 2 is 1.92 bits per heavy atom. The minimum Gasteiger partial charge on any atom is -0.414 e.